The summed E-state index contributed by atoms with van der Waals surface area (Å²) in [6.07, 6.45) is 5.08. The van der Waals surface area contributed by atoms with Crippen molar-refractivity contribution in [2.75, 3.05) is 0 Å². The van der Waals surface area contributed by atoms with Crippen molar-refractivity contribution in [3.63, 3.8) is 0 Å². The molecule has 4 heteroatoms. The van der Waals surface area contributed by atoms with Crippen molar-refractivity contribution < 1.29 is 4.79 Å². The van der Waals surface area contributed by atoms with Gasteiger partial charge in [0.1, 0.15) is 0 Å². The third-order valence-electron chi connectivity index (χ3n) is 3.41. The van der Waals surface area contributed by atoms with E-state index in [0.717, 1.165) is 43.4 Å². The van der Waals surface area contributed by atoms with E-state index in [1.165, 1.54) is 0 Å². The van der Waals surface area contributed by atoms with Crippen molar-refractivity contribution in [2.24, 2.45) is 0 Å². The zero-order chi connectivity index (χ0) is 11.3. The highest BCUT2D eigenvalue weighted by molar-refractivity contribution is 6.67. The normalized spacial score (nSPS) is 18.6. The Hall–Kier alpha value is -1.09. The van der Waals surface area contributed by atoms with Crippen LogP contribution in [0.1, 0.15) is 46.9 Å². The van der Waals surface area contributed by atoms with Crippen LogP contribution in [0.15, 0.2) is 10.9 Å². The lowest BCUT2D eigenvalue weighted by atomic mass is 10.1. The molecule has 0 unspecified atom stereocenters. The Balaban J connectivity index is 2.28. The van der Waals surface area contributed by atoms with E-state index >= 15 is 0 Å². The van der Waals surface area contributed by atoms with Crippen LogP contribution in [0, 0.1) is 0 Å². The molecule has 0 atom stereocenters. The fourth-order valence-electron chi connectivity index (χ4n) is 2.53. The average Bonchev–Trinajstić information content (AvgIpc) is 2.94. The van der Waals surface area contributed by atoms with E-state index in [2.05, 4.69) is 0 Å². The summed E-state index contributed by atoms with van der Waals surface area (Å²) in [6.45, 7) is 0. The van der Waals surface area contributed by atoms with E-state index < -0.39 is 5.24 Å². The molecule has 84 valence electrons. The fraction of sp³-hybridized carbons (Fsp3) is 0.500. The maximum atomic E-state index is 12.1. The molecule has 1 aromatic heterocycles. The number of fused-ring (bicyclic) bond motifs is 1. The number of pyridine rings is 1. The zero-order valence-corrected chi connectivity index (χ0v) is 9.59. The van der Waals surface area contributed by atoms with Gasteiger partial charge >= 0.3 is 0 Å². The summed E-state index contributed by atoms with van der Waals surface area (Å²) < 4.78 is 1.82. The molecule has 0 spiro atoms. The number of halogens is 1. The van der Waals surface area contributed by atoms with Gasteiger partial charge < -0.3 is 4.57 Å². The summed E-state index contributed by atoms with van der Waals surface area (Å²) in [5.74, 6) is 0. The second-order valence-electron chi connectivity index (χ2n) is 4.56. The summed E-state index contributed by atoms with van der Waals surface area (Å²) in [5.41, 5.74) is 2.22. The Morgan fingerprint density at radius 2 is 2.12 bits per heavy atom. The smallest absolute Gasteiger partial charge is 0.263 e. The summed E-state index contributed by atoms with van der Waals surface area (Å²) in [4.78, 5) is 23.3. The van der Waals surface area contributed by atoms with Crippen LogP contribution in [-0.2, 0) is 12.8 Å². The van der Waals surface area contributed by atoms with E-state index in [-0.39, 0.29) is 11.1 Å². The van der Waals surface area contributed by atoms with Crippen molar-refractivity contribution in [1.82, 2.24) is 4.57 Å². The molecular weight excluding hydrogens is 226 g/mol. The Morgan fingerprint density at radius 1 is 1.38 bits per heavy atom. The number of aromatic nitrogens is 1. The first-order valence-corrected chi connectivity index (χ1v) is 6.03. The number of carbonyl (C=O) groups excluding carboxylic acids is 1. The summed E-state index contributed by atoms with van der Waals surface area (Å²) in [7, 11) is 0. The number of hydrogen-bond donors (Lipinski definition) is 0. The predicted octanol–water partition coefficient (Wildman–Crippen LogP) is 2.05. The van der Waals surface area contributed by atoms with Gasteiger partial charge in [-0.25, -0.2) is 0 Å². The molecule has 0 saturated heterocycles. The van der Waals surface area contributed by atoms with Crippen molar-refractivity contribution in [3.05, 3.63) is 33.2 Å². The summed E-state index contributed by atoms with van der Waals surface area (Å²) in [6, 6.07) is 2.01. The van der Waals surface area contributed by atoms with Gasteiger partial charge in [0.15, 0.2) is 0 Å². The van der Waals surface area contributed by atoms with Gasteiger partial charge in [0.05, 0.1) is 5.56 Å². The molecule has 0 amide bonds. The first kappa shape index (κ1) is 10.1. The van der Waals surface area contributed by atoms with Crippen molar-refractivity contribution in [2.45, 2.75) is 38.1 Å². The van der Waals surface area contributed by atoms with Gasteiger partial charge in [-0.05, 0) is 55.3 Å². The highest BCUT2D eigenvalue weighted by Crippen LogP contribution is 2.37. The van der Waals surface area contributed by atoms with Crippen molar-refractivity contribution >= 4 is 16.8 Å². The van der Waals surface area contributed by atoms with Gasteiger partial charge in [0.2, 0.25) is 0 Å². The van der Waals surface area contributed by atoms with Gasteiger partial charge in [-0.2, -0.15) is 0 Å². The minimum atomic E-state index is -0.630. The van der Waals surface area contributed by atoms with Gasteiger partial charge in [-0.3, -0.25) is 9.59 Å². The standard InChI is InChI=1S/C12H12ClNO2/c13-11(15)9-6-7-2-1-3-10(7)14(12(9)16)8-4-5-8/h6,8H,1-5H2. The van der Waals surface area contributed by atoms with Crippen LogP contribution in [-0.4, -0.2) is 9.81 Å². The molecule has 0 N–H and O–H groups in total. The number of rotatable bonds is 2. The van der Waals surface area contributed by atoms with E-state index in [4.69, 9.17) is 11.6 Å². The maximum Gasteiger partial charge on any atom is 0.263 e. The van der Waals surface area contributed by atoms with Crippen LogP contribution in [0.2, 0.25) is 0 Å². The summed E-state index contributed by atoms with van der Waals surface area (Å²) in [5, 5.41) is -0.630. The molecule has 2 aliphatic rings. The van der Waals surface area contributed by atoms with E-state index in [1.807, 2.05) is 4.57 Å². The van der Waals surface area contributed by atoms with Gasteiger partial charge in [-0.15, -0.1) is 0 Å². The van der Waals surface area contributed by atoms with Gasteiger partial charge in [-0.1, -0.05) is 0 Å². The molecule has 3 nitrogen and oxygen atoms in total. The second kappa shape index (κ2) is 3.45. The molecule has 0 radical (unpaired) electrons. The molecule has 1 saturated carbocycles. The van der Waals surface area contributed by atoms with Crippen LogP contribution >= 0.6 is 11.6 Å². The fourth-order valence-corrected chi connectivity index (χ4v) is 2.67. The lowest BCUT2D eigenvalue weighted by Gasteiger charge is -2.12. The molecule has 0 bridgehead atoms. The monoisotopic (exact) mass is 237 g/mol. The highest BCUT2D eigenvalue weighted by atomic mass is 35.5. The van der Waals surface area contributed by atoms with Gasteiger partial charge in [0.25, 0.3) is 10.8 Å². The maximum absolute atomic E-state index is 12.1. The SMILES string of the molecule is O=C(Cl)c1cc2c(n(C3CC3)c1=O)CCC2. The lowest BCUT2D eigenvalue weighted by molar-refractivity contribution is 0.107. The number of nitrogens with zero attached hydrogens (tertiary/aromatic N) is 1. The number of carbonyl (C=O) groups is 1. The third kappa shape index (κ3) is 1.42. The molecule has 1 aromatic rings. The van der Waals surface area contributed by atoms with Crippen LogP contribution < -0.4 is 5.56 Å². The molecule has 1 fully saturated rings. The number of aryl methyl sites for hydroxylation is 1. The molecule has 16 heavy (non-hydrogen) atoms. The molecule has 3 rings (SSSR count). The Kier molecular flexibility index (Phi) is 2.18. The van der Waals surface area contributed by atoms with Gasteiger partial charge in [0, 0.05) is 11.7 Å². The first-order chi connectivity index (χ1) is 7.68. The molecule has 0 aliphatic heterocycles. The quantitative estimate of drug-likeness (QED) is 0.739. The largest absolute Gasteiger partial charge is 0.309 e. The van der Waals surface area contributed by atoms with Crippen LogP contribution in [0.25, 0.3) is 0 Å². The van der Waals surface area contributed by atoms with E-state index in [0.29, 0.717) is 6.04 Å². The van der Waals surface area contributed by atoms with E-state index in [9.17, 15) is 9.59 Å². The molecular formula is C12H12ClNO2. The van der Waals surface area contributed by atoms with Crippen LogP contribution in [0.4, 0.5) is 0 Å². The average molecular weight is 238 g/mol. The minimum Gasteiger partial charge on any atom is -0.309 e. The molecule has 1 heterocycles. The molecule has 2 aliphatic carbocycles. The summed E-state index contributed by atoms with van der Waals surface area (Å²) >= 11 is 5.45. The highest BCUT2D eigenvalue weighted by Gasteiger charge is 2.31. The Morgan fingerprint density at radius 3 is 2.75 bits per heavy atom. The molecule has 0 aromatic carbocycles. The predicted molar refractivity (Wildman–Crippen MR) is 61.2 cm³/mol. The first-order valence-electron chi connectivity index (χ1n) is 5.65. The zero-order valence-electron chi connectivity index (χ0n) is 8.83. The van der Waals surface area contributed by atoms with Crippen LogP contribution in [0.3, 0.4) is 0 Å². The Bertz CT molecular complexity index is 529. The number of hydrogen-bond acceptors (Lipinski definition) is 2. The van der Waals surface area contributed by atoms with Crippen molar-refractivity contribution in [3.8, 4) is 0 Å². The van der Waals surface area contributed by atoms with E-state index in [1.54, 1.807) is 6.07 Å². The second-order valence-corrected chi connectivity index (χ2v) is 4.91. The van der Waals surface area contributed by atoms with Crippen LogP contribution in [0.5, 0.6) is 0 Å². The Labute approximate surface area is 98.0 Å². The van der Waals surface area contributed by atoms with Crippen molar-refractivity contribution in [1.29, 1.82) is 0 Å². The third-order valence-corrected chi connectivity index (χ3v) is 3.62. The topological polar surface area (TPSA) is 39.1 Å². The minimum absolute atomic E-state index is 0.147. The lowest BCUT2D eigenvalue weighted by Crippen LogP contribution is -2.27.